The van der Waals surface area contributed by atoms with Crippen LogP contribution in [-0.2, 0) is 32.7 Å². The van der Waals surface area contributed by atoms with Crippen LogP contribution in [0.15, 0.2) is 29.6 Å². The molecule has 0 spiro atoms. The molecule has 0 fully saturated rings. The minimum absolute atomic E-state index is 0.0156. The Morgan fingerprint density at radius 3 is 2.31 bits per heavy atom. The molecule has 1 aliphatic rings. The third kappa shape index (κ3) is 9.26. The van der Waals surface area contributed by atoms with Gasteiger partial charge in [0.05, 0.1) is 47.1 Å². The van der Waals surface area contributed by atoms with Crippen LogP contribution in [0.5, 0.6) is 11.6 Å². The highest BCUT2D eigenvalue weighted by molar-refractivity contribution is 7.88. The SMILES string of the molecule is CC.CC.COCCOc1cc(F)cc(F)c1-c1c(-c2cc3n(n2)CC(C)N(C(=O)OC(C)(C)C)C3)nc(OS(=O)(=O)C(F)(F)F)c2ccsc12. The Hall–Kier alpha value is -4.03. The summed E-state index contributed by atoms with van der Waals surface area (Å²) in [6, 6.07) is 3.85. The molecule has 0 bridgehead atoms. The van der Waals surface area contributed by atoms with Gasteiger partial charge in [-0.3, -0.25) is 9.58 Å². The van der Waals surface area contributed by atoms with E-state index in [9.17, 15) is 30.8 Å². The van der Waals surface area contributed by atoms with Crippen molar-refractivity contribution in [2.24, 2.45) is 0 Å². The van der Waals surface area contributed by atoms with Crippen molar-refractivity contribution in [3.63, 3.8) is 0 Å². The molecular formula is C33H41F5N4O7S2. The fourth-order valence-electron chi connectivity index (χ4n) is 4.87. The van der Waals surface area contributed by atoms with E-state index in [1.165, 1.54) is 34.2 Å². The predicted octanol–water partition coefficient (Wildman–Crippen LogP) is 8.55. The Balaban J connectivity index is 0.00000169. The van der Waals surface area contributed by atoms with Crippen LogP contribution in [0.25, 0.3) is 32.6 Å². The number of nitrogens with zero attached hydrogens (tertiary/aromatic N) is 4. The van der Waals surface area contributed by atoms with Crippen molar-refractivity contribution in [1.82, 2.24) is 19.7 Å². The van der Waals surface area contributed by atoms with E-state index in [-0.39, 0.29) is 64.7 Å². The molecule has 51 heavy (non-hydrogen) atoms. The first-order chi connectivity index (χ1) is 23.9. The molecule has 1 atom stereocenters. The number of benzene rings is 1. The number of hydrogen-bond donors (Lipinski definition) is 0. The number of fused-ring (bicyclic) bond motifs is 2. The molecule has 1 aromatic carbocycles. The van der Waals surface area contributed by atoms with Crippen molar-refractivity contribution in [2.75, 3.05) is 20.3 Å². The summed E-state index contributed by atoms with van der Waals surface area (Å²) < 4.78 is 117. The Morgan fingerprint density at radius 2 is 1.71 bits per heavy atom. The first-order valence-corrected chi connectivity index (χ1v) is 18.3. The van der Waals surface area contributed by atoms with Gasteiger partial charge in [-0.15, -0.1) is 11.3 Å². The van der Waals surface area contributed by atoms with Crippen molar-refractivity contribution in [3.8, 4) is 34.1 Å². The predicted molar refractivity (Wildman–Crippen MR) is 183 cm³/mol. The molecule has 5 rings (SSSR count). The summed E-state index contributed by atoms with van der Waals surface area (Å²) in [5.41, 5.74) is -6.77. The molecule has 282 valence electrons. The van der Waals surface area contributed by atoms with E-state index in [1.54, 1.807) is 27.7 Å². The fraction of sp³-hybridized carbons (Fsp3) is 0.485. The summed E-state index contributed by atoms with van der Waals surface area (Å²) >= 11 is 0.919. The topological polar surface area (TPSA) is 122 Å². The average molecular weight is 765 g/mol. The van der Waals surface area contributed by atoms with E-state index in [2.05, 4.69) is 14.3 Å². The molecular weight excluding hydrogens is 724 g/mol. The van der Waals surface area contributed by atoms with Crippen molar-refractivity contribution in [3.05, 3.63) is 47.0 Å². The highest BCUT2D eigenvalue weighted by Gasteiger charge is 2.49. The van der Waals surface area contributed by atoms with Gasteiger partial charge in [-0.05, 0) is 45.2 Å². The third-order valence-corrected chi connectivity index (χ3v) is 8.77. The molecule has 0 saturated heterocycles. The maximum absolute atomic E-state index is 15.8. The smallest absolute Gasteiger partial charge is 0.490 e. The van der Waals surface area contributed by atoms with Gasteiger partial charge in [-0.25, -0.2) is 18.6 Å². The van der Waals surface area contributed by atoms with E-state index in [4.69, 9.17) is 14.2 Å². The molecule has 3 aromatic heterocycles. The first-order valence-electron chi connectivity index (χ1n) is 16.0. The van der Waals surface area contributed by atoms with Gasteiger partial charge in [0.25, 0.3) is 0 Å². The summed E-state index contributed by atoms with van der Waals surface area (Å²) in [6.07, 6.45) is -0.586. The number of amides is 1. The van der Waals surface area contributed by atoms with Gasteiger partial charge in [0.2, 0.25) is 5.88 Å². The average Bonchev–Trinajstić information content (AvgIpc) is 3.69. The molecule has 1 unspecified atom stereocenters. The minimum atomic E-state index is -6.18. The lowest BCUT2D eigenvalue weighted by Crippen LogP contribution is -2.46. The zero-order valence-electron chi connectivity index (χ0n) is 29.6. The summed E-state index contributed by atoms with van der Waals surface area (Å²) in [5, 5.41) is 5.77. The number of methoxy groups -OCH3 is 1. The number of ether oxygens (including phenoxy) is 3. The number of alkyl halides is 3. The quantitative estimate of drug-likeness (QED) is 0.0752. The van der Waals surface area contributed by atoms with Gasteiger partial charge >= 0.3 is 21.7 Å². The molecule has 1 aliphatic heterocycles. The first kappa shape index (κ1) is 41.4. The Bertz CT molecular complexity index is 1940. The Kier molecular flexibility index (Phi) is 13.4. The summed E-state index contributed by atoms with van der Waals surface area (Å²) in [5.74, 6) is -3.28. The van der Waals surface area contributed by atoms with Crippen LogP contribution in [0, 0.1) is 11.6 Å². The maximum atomic E-state index is 15.8. The van der Waals surface area contributed by atoms with E-state index in [0.717, 1.165) is 17.4 Å². The van der Waals surface area contributed by atoms with E-state index >= 15 is 4.39 Å². The normalized spacial score (nSPS) is 14.5. The number of thiophene rings is 1. The molecule has 18 heteroatoms. The maximum Gasteiger partial charge on any atom is 0.534 e. The highest BCUT2D eigenvalue weighted by atomic mass is 32.2. The van der Waals surface area contributed by atoms with Crippen LogP contribution in [0.2, 0.25) is 0 Å². The van der Waals surface area contributed by atoms with E-state index < -0.39 is 50.9 Å². The number of hydrogen-bond acceptors (Lipinski definition) is 10. The molecule has 0 saturated carbocycles. The lowest BCUT2D eigenvalue weighted by atomic mass is 9.99. The second-order valence-corrected chi connectivity index (χ2v) is 14.0. The number of pyridine rings is 1. The van der Waals surface area contributed by atoms with Crippen LogP contribution >= 0.6 is 11.3 Å². The van der Waals surface area contributed by atoms with Crippen LogP contribution < -0.4 is 8.92 Å². The van der Waals surface area contributed by atoms with Crippen LogP contribution in [-0.4, -0.2) is 71.7 Å². The largest absolute Gasteiger partial charge is 0.534 e. The summed E-state index contributed by atoms with van der Waals surface area (Å²) in [4.78, 5) is 18.6. The van der Waals surface area contributed by atoms with Gasteiger partial charge in [0.1, 0.15) is 41.0 Å². The number of carbonyl (C=O) groups is 1. The molecule has 4 aromatic rings. The Labute approximate surface area is 297 Å². The van der Waals surface area contributed by atoms with Crippen molar-refractivity contribution >= 4 is 37.6 Å². The van der Waals surface area contributed by atoms with Crippen molar-refractivity contribution in [2.45, 2.75) is 85.6 Å². The number of halogens is 5. The molecule has 0 N–H and O–H groups in total. The monoisotopic (exact) mass is 764 g/mol. The zero-order chi connectivity index (χ0) is 38.5. The molecule has 0 radical (unpaired) electrons. The van der Waals surface area contributed by atoms with Crippen molar-refractivity contribution in [1.29, 1.82) is 0 Å². The minimum Gasteiger partial charge on any atom is -0.490 e. The second-order valence-electron chi connectivity index (χ2n) is 11.5. The van der Waals surface area contributed by atoms with Gasteiger partial charge < -0.3 is 18.4 Å². The number of carbonyl (C=O) groups excluding carboxylic acids is 1. The Morgan fingerprint density at radius 1 is 1.04 bits per heavy atom. The van der Waals surface area contributed by atoms with Gasteiger partial charge in [0.15, 0.2) is 0 Å². The standard InChI is InChI=1S/C29H29F5N4O7S2.2C2H6/c1-15-13-38-17(14-37(15)27(39)44-28(2,3)4)12-20(36-38)24-23(22-19(31)10-16(30)11-21(22)43-8-7-42-5)25-18(6-9-46-25)26(35-24)45-47(40,41)29(32,33)34;2*1-2/h6,9-12,15H,7-8,13-14H2,1-5H3;2*1-2H3. The van der Waals surface area contributed by atoms with Gasteiger partial charge in [-0.2, -0.15) is 26.7 Å². The van der Waals surface area contributed by atoms with Gasteiger partial charge in [-0.1, -0.05) is 27.7 Å². The van der Waals surface area contributed by atoms with Crippen molar-refractivity contribution < 1.29 is 53.6 Å². The van der Waals surface area contributed by atoms with Gasteiger partial charge in [0, 0.05) is 24.8 Å². The zero-order valence-corrected chi connectivity index (χ0v) is 31.3. The third-order valence-electron chi connectivity index (χ3n) is 6.89. The van der Waals surface area contributed by atoms with Crippen LogP contribution in [0.4, 0.5) is 26.7 Å². The van der Waals surface area contributed by atoms with E-state index in [1.807, 2.05) is 27.7 Å². The van der Waals surface area contributed by atoms with Crippen LogP contribution in [0.3, 0.4) is 0 Å². The van der Waals surface area contributed by atoms with E-state index in [0.29, 0.717) is 11.8 Å². The molecule has 4 heterocycles. The highest BCUT2D eigenvalue weighted by Crippen LogP contribution is 2.47. The molecule has 1 amide bonds. The summed E-state index contributed by atoms with van der Waals surface area (Å²) in [7, 11) is -4.78. The van der Waals surface area contributed by atoms with Crippen LogP contribution in [0.1, 0.15) is 61.1 Å². The summed E-state index contributed by atoms with van der Waals surface area (Å²) in [6.45, 7) is 15.0. The molecule has 0 aliphatic carbocycles. The number of rotatable bonds is 8. The second kappa shape index (κ2) is 16.5. The fourth-order valence-corrected chi connectivity index (χ4v) is 6.24. The molecule has 11 nitrogen and oxygen atoms in total. The lowest BCUT2D eigenvalue weighted by Gasteiger charge is -2.35. The lowest BCUT2D eigenvalue weighted by molar-refractivity contribution is -0.0500. The number of aromatic nitrogens is 3.